The SMILES string of the molecule is O=c1c2sc3c(=O)n4c5cc(CCc6ccccc6)sc5nc4c4ccc(c2c34)c2nc3sc(CCc4ccccc4)cc3n12. The molecule has 3 aromatic carbocycles. The van der Waals surface area contributed by atoms with E-state index in [1.165, 1.54) is 32.2 Å². The Morgan fingerprint density at radius 1 is 0.533 bits per heavy atom. The minimum Gasteiger partial charge on any atom is -0.267 e. The molecular weight excluding hydrogens is 617 g/mol. The summed E-state index contributed by atoms with van der Waals surface area (Å²) in [6.45, 7) is 0. The van der Waals surface area contributed by atoms with Crippen LogP contribution in [0.1, 0.15) is 20.9 Å². The molecule has 7 heterocycles. The number of hydrogen-bond acceptors (Lipinski definition) is 7. The number of rotatable bonds is 6. The maximum Gasteiger partial charge on any atom is 0.274 e. The first-order valence-corrected chi connectivity index (χ1v) is 17.4. The third-order valence-electron chi connectivity index (χ3n) is 8.96. The molecule has 7 aromatic heterocycles. The molecule has 9 heteroatoms. The quantitative estimate of drug-likeness (QED) is 0.173. The number of benzene rings is 3. The van der Waals surface area contributed by atoms with Crippen molar-refractivity contribution in [3.63, 3.8) is 0 Å². The number of thiophene rings is 3. The molecule has 0 aliphatic heterocycles. The summed E-state index contributed by atoms with van der Waals surface area (Å²) in [7, 11) is 0. The molecule has 0 N–H and O–H groups in total. The van der Waals surface area contributed by atoms with Crippen LogP contribution in [-0.2, 0) is 25.7 Å². The van der Waals surface area contributed by atoms with Crippen LogP contribution in [0.15, 0.2) is 94.5 Å². The van der Waals surface area contributed by atoms with Crippen molar-refractivity contribution in [2.24, 2.45) is 0 Å². The van der Waals surface area contributed by atoms with Crippen molar-refractivity contribution in [2.45, 2.75) is 25.7 Å². The topological polar surface area (TPSA) is 68.7 Å². The molecule has 10 aromatic rings. The summed E-state index contributed by atoms with van der Waals surface area (Å²) >= 11 is 4.62. The van der Waals surface area contributed by atoms with E-state index in [2.05, 4.69) is 72.8 Å². The van der Waals surface area contributed by atoms with Crippen LogP contribution in [0.3, 0.4) is 0 Å². The molecule has 216 valence electrons. The van der Waals surface area contributed by atoms with Crippen molar-refractivity contribution in [2.75, 3.05) is 0 Å². The molecule has 6 nitrogen and oxygen atoms in total. The van der Waals surface area contributed by atoms with Crippen LogP contribution in [0.2, 0.25) is 0 Å². The van der Waals surface area contributed by atoms with Gasteiger partial charge in [0.25, 0.3) is 11.1 Å². The molecule has 0 aliphatic carbocycles. The third-order valence-corrected chi connectivity index (χ3v) is 12.3. The van der Waals surface area contributed by atoms with E-state index in [1.807, 2.05) is 12.1 Å². The van der Waals surface area contributed by atoms with E-state index in [4.69, 9.17) is 9.97 Å². The molecule has 45 heavy (non-hydrogen) atoms. The minimum atomic E-state index is -0.109. The predicted molar refractivity (Wildman–Crippen MR) is 188 cm³/mol. The average Bonchev–Trinajstić information content (AvgIpc) is 3.87. The van der Waals surface area contributed by atoms with Crippen molar-refractivity contribution < 1.29 is 0 Å². The van der Waals surface area contributed by atoms with Gasteiger partial charge in [0.05, 0.1) is 11.0 Å². The number of pyridine rings is 2. The molecule has 10 rings (SSSR count). The second-order valence-corrected chi connectivity index (χ2v) is 14.9. The first kappa shape index (κ1) is 25.6. The fourth-order valence-corrected chi connectivity index (χ4v) is 10.0. The van der Waals surface area contributed by atoms with Gasteiger partial charge in [0, 0.05) is 31.3 Å². The zero-order chi connectivity index (χ0) is 29.8. The number of nitrogens with zero attached hydrogens (tertiary/aromatic N) is 4. The summed E-state index contributed by atoms with van der Waals surface area (Å²) in [5, 5.41) is 3.47. The summed E-state index contributed by atoms with van der Waals surface area (Å²) < 4.78 is 4.72. The summed E-state index contributed by atoms with van der Waals surface area (Å²) in [5.41, 5.74) is 5.37. The normalized spacial score (nSPS) is 12.5. The Balaban J connectivity index is 1.13. The highest BCUT2D eigenvalue weighted by atomic mass is 32.1. The highest BCUT2D eigenvalue weighted by molar-refractivity contribution is 7.26. The molecule has 0 unspecified atom stereocenters. The van der Waals surface area contributed by atoms with E-state index in [-0.39, 0.29) is 11.1 Å². The fraction of sp³-hybridized carbons (Fsp3) is 0.111. The molecule has 0 fully saturated rings. The van der Waals surface area contributed by atoms with E-state index in [1.54, 1.807) is 31.5 Å². The second-order valence-electron chi connectivity index (χ2n) is 11.6. The molecule has 0 saturated heterocycles. The van der Waals surface area contributed by atoms with Gasteiger partial charge in [0.15, 0.2) is 0 Å². The Morgan fingerprint density at radius 2 is 0.978 bits per heavy atom. The Labute approximate surface area is 266 Å². The smallest absolute Gasteiger partial charge is 0.267 e. The Hall–Kier alpha value is -4.70. The second kappa shape index (κ2) is 9.40. The maximum atomic E-state index is 14.1. The Kier molecular flexibility index (Phi) is 5.35. The number of aromatic nitrogens is 4. The van der Waals surface area contributed by atoms with Crippen molar-refractivity contribution in [1.82, 2.24) is 18.8 Å². The molecule has 0 radical (unpaired) electrons. The lowest BCUT2D eigenvalue weighted by molar-refractivity contribution is 0.981. The van der Waals surface area contributed by atoms with Crippen LogP contribution in [0.5, 0.6) is 0 Å². The van der Waals surface area contributed by atoms with Crippen LogP contribution in [0, 0.1) is 0 Å². The lowest BCUT2D eigenvalue weighted by Crippen LogP contribution is -2.12. The summed E-state index contributed by atoms with van der Waals surface area (Å²) in [6.07, 6.45) is 3.67. The molecule has 0 spiro atoms. The number of aryl methyl sites for hydroxylation is 4. The van der Waals surface area contributed by atoms with Gasteiger partial charge in [-0.25, -0.2) is 9.97 Å². The summed E-state index contributed by atoms with van der Waals surface area (Å²) in [5.74, 6) is 0. The van der Waals surface area contributed by atoms with Crippen LogP contribution in [-0.4, -0.2) is 18.8 Å². The van der Waals surface area contributed by atoms with Crippen LogP contribution < -0.4 is 11.1 Å². The highest BCUT2D eigenvalue weighted by Gasteiger charge is 2.26. The monoisotopic (exact) mass is 638 g/mol. The van der Waals surface area contributed by atoms with Crippen LogP contribution in [0.25, 0.3) is 62.9 Å². The van der Waals surface area contributed by atoms with Gasteiger partial charge >= 0.3 is 0 Å². The van der Waals surface area contributed by atoms with Gasteiger partial charge in [-0.3, -0.25) is 18.4 Å². The van der Waals surface area contributed by atoms with Crippen LogP contribution >= 0.6 is 34.0 Å². The standard InChI is InChI=1S/C36H22N4O2S3/c41-35-29-27-23(31-37-33-25(39(31)35)17-21(43-33)13-11-19-7-3-1-4-8-19)15-16-24-28(27)30(45-29)36(42)40-26-18-22(44-34(26)38-32(24)40)14-12-20-9-5-2-6-10-20/h1-10,15-18H,11-14H2. The molecule has 0 aliphatic rings. The van der Waals surface area contributed by atoms with Crippen LogP contribution in [0.4, 0.5) is 0 Å². The zero-order valence-electron chi connectivity index (χ0n) is 23.7. The third kappa shape index (κ3) is 3.66. The van der Waals surface area contributed by atoms with E-state index < -0.39 is 0 Å². The molecule has 0 saturated carbocycles. The lowest BCUT2D eigenvalue weighted by atomic mass is 10.0. The van der Waals surface area contributed by atoms with Gasteiger partial charge in [-0.2, -0.15) is 0 Å². The molecule has 0 amide bonds. The summed E-state index contributed by atoms with van der Waals surface area (Å²) in [6, 6.07) is 29.2. The largest absolute Gasteiger partial charge is 0.274 e. The number of imidazole rings is 2. The van der Waals surface area contributed by atoms with Crippen molar-refractivity contribution in [3.8, 4) is 0 Å². The number of fused-ring (bicyclic) bond motifs is 8. The Bertz CT molecular complexity index is 2670. The average molecular weight is 639 g/mol. The first-order chi connectivity index (χ1) is 22.1. The molecule has 0 bridgehead atoms. The van der Waals surface area contributed by atoms with Gasteiger partial charge in [-0.1, -0.05) is 60.7 Å². The molecule has 0 atom stereocenters. The predicted octanol–water partition coefficient (Wildman–Crippen LogP) is 8.10. The van der Waals surface area contributed by atoms with E-state index >= 15 is 0 Å². The van der Waals surface area contributed by atoms with Gasteiger partial charge in [0.1, 0.15) is 30.4 Å². The Morgan fingerprint density at radius 3 is 1.42 bits per heavy atom. The number of hydrogen-bond donors (Lipinski definition) is 0. The first-order valence-electron chi connectivity index (χ1n) is 14.9. The van der Waals surface area contributed by atoms with E-state index in [0.717, 1.165) is 67.9 Å². The van der Waals surface area contributed by atoms with Crippen molar-refractivity contribution in [1.29, 1.82) is 0 Å². The minimum absolute atomic E-state index is 0.109. The highest BCUT2D eigenvalue weighted by Crippen LogP contribution is 2.42. The maximum absolute atomic E-state index is 14.1. The summed E-state index contributed by atoms with van der Waals surface area (Å²) in [4.78, 5) is 42.4. The van der Waals surface area contributed by atoms with Gasteiger partial charge in [-0.05, 0) is 61.1 Å². The van der Waals surface area contributed by atoms with E-state index in [9.17, 15) is 9.59 Å². The van der Waals surface area contributed by atoms with Gasteiger partial charge < -0.3 is 0 Å². The van der Waals surface area contributed by atoms with E-state index in [0.29, 0.717) is 20.7 Å². The lowest BCUT2D eigenvalue weighted by Gasteiger charge is -2.05. The van der Waals surface area contributed by atoms with Crippen molar-refractivity contribution >= 4 is 96.9 Å². The van der Waals surface area contributed by atoms with Gasteiger partial charge in [-0.15, -0.1) is 34.0 Å². The van der Waals surface area contributed by atoms with Crippen molar-refractivity contribution in [3.05, 3.63) is 127 Å². The molecular formula is C36H22N4O2S3. The fourth-order valence-electron chi connectivity index (χ4n) is 6.84. The zero-order valence-corrected chi connectivity index (χ0v) is 26.2. The van der Waals surface area contributed by atoms with Gasteiger partial charge in [0.2, 0.25) is 0 Å².